The van der Waals surface area contributed by atoms with Gasteiger partial charge in [-0.2, -0.15) is 0 Å². The molecule has 2 aromatic carbocycles. The van der Waals surface area contributed by atoms with Gasteiger partial charge in [0, 0.05) is 5.56 Å². The topological polar surface area (TPSA) is 81.3 Å². The molecule has 0 bridgehead atoms. The van der Waals surface area contributed by atoms with Gasteiger partial charge in [0.25, 0.3) is 0 Å². The van der Waals surface area contributed by atoms with E-state index in [2.05, 4.69) is 10.2 Å². The molecule has 3 aromatic rings. The molecule has 3 rings (SSSR count). The van der Waals surface area contributed by atoms with E-state index >= 15 is 0 Å². The smallest absolute Gasteiger partial charge is 0.151 e. The first kappa shape index (κ1) is 14.5. The number of para-hydroxylation sites is 2. The van der Waals surface area contributed by atoms with Crippen molar-refractivity contribution >= 4 is 11.3 Å². The predicted molar refractivity (Wildman–Crippen MR) is 86.0 cm³/mol. The van der Waals surface area contributed by atoms with E-state index in [0.717, 1.165) is 16.3 Å². The lowest BCUT2D eigenvalue weighted by Gasteiger charge is -2.09. The Hall–Kier alpha value is -2.44. The van der Waals surface area contributed by atoms with Crippen molar-refractivity contribution < 1.29 is 9.84 Å². The van der Waals surface area contributed by atoms with Gasteiger partial charge in [0.15, 0.2) is 5.01 Å². The Morgan fingerprint density at radius 1 is 1.09 bits per heavy atom. The number of nitrogens with zero attached hydrogens (tertiary/aromatic N) is 2. The second-order valence-electron chi connectivity index (χ2n) is 4.68. The molecular formula is C16H15N3O2S. The Labute approximate surface area is 132 Å². The third-order valence-electron chi connectivity index (χ3n) is 3.32. The molecule has 0 aliphatic heterocycles. The summed E-state index contributed by atoms with van der Waals surface area (Å²) in [5, 5.41) is 19.6. The Balaban J connectivity index is 1.96. The summed E-state index contributed by atoms with van der Waals surface area (Å²) in [6.07, 6.45) is 0. The van der Waals surface area contributed by atoms with Gasteiger partial charge >= 0.3 is 0 Å². The molecule has 3 N–H and O–H groups in total. The van der Waals surface area contributed by atoms with Crippen LogP contribution >= 0.6 is 11.3 Å². The number of nitrogens with two attached hydrogens (primary N) is 1. The fourth-order valence-electron chi connectivity index (χ4n) is 2.17. The minimum Gasteiger partial charge on any atom is -0.508 e. The molecule has 0 saturated heterocycles. The van der Waals surface area contributed by atoms with Crippen molar-refractivity contribution in [2.24, 2.45) is 5.73 Å². The average Bonchev–Trinajstić information content (AvgIpc) is 3.04. The summed E-state index contributed by atoms with van der Waals surface area (Å²) in [7, 11) is 1.62. The van der Waals surface area contributed by atoms with Crippen LogP contribution in [0.4, 0.5) is 0 Å². The molecule has 1 aromatic heterocycles. The summed E-state index contributed by atoms with van der Waals surface area (Å²) in [5.74, 6) is 0.894. The van der Waals surface area contributed by atoms with Gasteiger partial charge in [0.1, 0.15) is 16.5 Å². The molecule has 0 spiro atoms. The number of rotatable bonds is 4. The fraction of sp³-hybridized carbons (Fsp3) is 0.125. The molecule has 0 radical (unpaired) electrons. The van der Waals surface area contributed by atoms with Crippen LogP contribution in [0, 0.1) is 0 Å². The van der Waals surface area contributed by atoms with Gasteiger partial charge in [-0.15, -0.1) is 10.2 Å². The number of methoxy groups -OCH3 is 1. The van der Waals surface area contributed by atoms with Crippen molar-refractivity contribution in [2.45, 2.75) is 6.04 Å². The summed E-state index contributed by atoms with van der Waals surface area (Å²) < 4.78 is 5.34. The van der Waals surface area contributed by atoms with Crippen molar-refractivity contribution in [3.63, 3.8) is 0 Å². The van der Waals surface area contributed by atoms with Crippen molar-refractivity contribution in [1.82, 2.24) is 10.2 Å². The molecule has 0 aliphatic rings. The van der Waals surface area contributed by atoms with Crippen molar-refractivity contribution in [2.75, 3.05) is 7.11 Å². The van der Waals surface area contributed by atoms with Gasteiger partial charge in [0.05, 0.1) is 18.7 Å². The van der Waals surface area contributed by atoms with Gasteiger partial charge in [-0.25, -0.2) is 0 Å². The molecule has 1 unspecified atom stereocenters. The molecule has 0 aliphatic carbocycles. The second kappa shape index (κ2) is 6.13. The van der Waals surface area contributed by atoms with Crippen LogP contribution in [-0.2, 0) is 0 Å². The molecule has 112 valence electrons. The highest BCUT2D eigenvalue weighted by Gasteiger charge is 2.19. The molecule has 0 amide bonds. The molecule has 6 heteroatoms. The molecule has 0 saturated carbocycles. The van der Waals surface area contributed by atoms with Crippen LogP contribution < -0.4 is 10.5 Å². The lowest BCUT2D eigenvalue weighted by Crippen LogP contribution is -2.11. The van der Waals surface area contributed by atoms with Crippen molar-refractivity contribution in [3.05, 3.63) is 59.1 Å². The summed E-state index contributed by atoms with van der Waals surface area (Å²) in [4.78, 5) is 0. The third kappa shape index (κ3) is 2.66. The first-order chi connectivity index (χ1) is 10.7. The van der Waals surface area contributed by atoms with Crippen LogP contribution in [0.25, 0.3) is 10.6 Å². The van der Waals surface area contributed by atoms with E-state index in [9.17, 15) is 5.11 Å². The standard InChI is InChI=1S/C16H15N3O2S/c1-21-13-9-5-3-7-11(13)15-18-19-16(22-15)14(17)10-6-2-4-8-12(10)20/h2-9,14,20H,17H2,1H3. The highest BCUT2D eigenvalue weighted by atomic mass is 32.1. The zero-order valence-electron chi connectivity index (χ0n) is 11.9. The van der Waals surface area contributed by atoms with Gasteiger partial charge in [-0.05, 0) is 18.2 Å². The SMILES string of the molecule is COc1ccccc1-c1nnc(C(N)c2ccccc2O)s1. The maximum absolute atomic E-state index is 9.90. The van der Waals surface area contributed by atoms with Crippen molar-refractivity contribution in [1.29, 1.82) is 0 Å². The zero-order chi connectivity index (χ0) is 15.5. The number of aromatic nitrogens is 2. The predicted octanol–water partition coefficient (Wildman–Crippen LogP) is 2.97. The number of ether oxygens (including phenoxy) is 1. The largest absolute Gasteiger partial charge is 0.508 e. The Bertz CT molecular complexity index is 788. The van der Waals surface area contributed by atoms with E-state index in [0.29, 0.717) is 10.6 Å². The van der Waals surface area contributed by atoms with Crippen LogP contribution in [0.5, 0.6) is 11.5 Å². The lowest BCUT2D eigenvalue weighted by atomic mass is 10.1. The number of hydrogen-bond acceptors (Lipinski definition) is 6. The van der Waals surface area contributed by atoms with Crippen LogP contribution in [0.3, 0.4) is 0 Å². The maximum atomic E-state index is 9.90. The van der Waals surface area contributed by atoms with E-state index in [4.69, 9.17) is 10.5 Å². The minimum absolute atomic E-state index is 0.157. The summed E-state index contributed by atoms with van der Waals surface area (Å²) in [5.41, 5.74) is 7.70. The summed E-state index contributed by atoms with van der Waals surface area (Å²) in [6, 6.07) is 14.1. The fourth-order valence-corrected chi connectivity index (χ4v) is 3.07. The van der Waals surface area contributed by atoms with E-state index in [1.807, 2.05) is 30.3 Å². The van der Waals surface area contributed by atoms with Crippen LogP contribution in [0.1, 0.15) is 16.6 Å². The lowest BCUT2D eigenvalue weighted by molar-refractivity contribution is 0.416. The Morgan fingerprint density at radius 2 is 1.82 bits per heavy atom. The van der Waals surface area contributed by atoms with Crippen LogP contribution in [0.15, 0.2) is 48.5 Å². The monoisotopic (exact) mass is 313 g/mol. The summed E-state index contributed by atoms with van der Waals surface area (Å²) in [6.45, 7) is 0. The Kier molecular flexibility index (Phi) is 4.04. The molecule has 1 atom stereocenters. The number of hydrogen-bond donors (Lipinski definition) is 2. The van der Waals surface area contributed by atoms with Gasteiger partial charge in [-0.1, -0.05) is 41.7 Å². The molecular weight excluding hydrogens is 298 g/mol. The van der Waals surface area contributed by atoms with E-state index in [-0.39, 0.29) is 5.75 Å². The van der Waals surface area contributed by atoms with Crippen molar-refractivity contribution in [3.8, 4) is 22.1 Å². The van der Waals surface area contributed by atoms with Crippen LogP contribution in [-0.4, -0.2) is 22.4 Å². The minimum atomic E-state index is -0.512. The number of aromatic hydroxyl groups is 1. The molecule has 0 fully saturated rings. The molecule has 22 heavy (non-hydrogen) atoms. The number of phenolic OH excluding ortho intramolecular Hbond substituents is 1. The highest BCUT2D eigenvalue weighted by Crippen LogP contribution is 2.35. The molecule has 1 heterocycles. The highest BCUT2D eigenvalue weighted by molar-refractivity contribution is 7.14. The van der Waals surface area contributed by atoms with E-state index < -0.39 is 6.04 Å². The van der Waals surface area contributed by atoms with Gasteiger partial charge < -0.3 is 15.6 Å². The second-order valence-corrected chi connectivity index (χ2v) is 5.69. The first-order valence-corrected chi connectivity index (χ1v) is 7.52. The Morgan fingerprint density at radius 3 is 2.59 bits per heavy atom. The molecule has 5 nitrogen and oxygen atoms in total. The third-order valence-corrected chi connectivity index (χ3v) is 4.36. The first-order valence-electron chi connectivity index (χ1n) is 6.71. The van der Waals surface area contributed by atoms with Crippen LogP contribution in [0.2, 0.25) is 0 Å². The quantitative estimate of drug-likeness (QED) is 0.774. The average molecular weight is 313 g/mol. The number of benzene rings is 2. The van der Waals surface area contributed by atoms with Gasteiger partial charge in [-0.3, -0.25) is 0 Å². The zero-order valence-corrected chi connectivity index (χ0v) is 12.7. The van der Waals surface area contributed by atoms with Gasteiger partial charge in [0.2, 0.25) is 0 Å². The summed E-state index contributed by atoms with van der Waals surface area (Å²) >= 11 is 1.39. The normalized spacial score (nSPS) is 12.1. The number of phenols is 1. The van der Waals surface area contributed by atoms with E-state index in [1.165, 1.54) is 11.3 Å². The maximum Gasteiger partial charge on any atom is 0.151 e. The van der Waals surface area contributed by atoms with E-state index in [1.54, 1.807) is 25.3 Å².